The first kappa shape index (κ1) is 11.6. The number of nitrogens with two attached hydrogens (primary N) is 1. The molecule has 0 bridgehead atoms. The molecule has 0 fully saturated rings. The van der Waals surface area contributed by atoms with Gasteiger partial charge < -0.3 is 5.73 Å². The molecule has 0 saturated heterocycles. The maximum Gasteiger partial charge on any atom is 0.186 e. The standard InChI is InChI=1S/C10H14N4S2/c1-7-3-4-15-9(7)8(5-11)16-10-12-6-13-14(10)2/h3-4,6,8H,5,11H2,1-2H3. The van der Waals surface area contributed by atoms with E-state index in [-0.39, 0.29) is 5.25 Å². The summed E-state index contributed by atoms with van der Waals surface area (Å²) in [4.78, 5) is 5.54. The van der Waals surface area contributed by atoms with Gasteiger partial charge in [-0.05, 0) is 23.9 Å². The Bertz CT molecular complexity index is 463. The molecular weight excluding hydrogens is 240 g/mol. The van der Waals surface area contributed by atoms with Crippen LogP contribution in [-0.2, 0) is 7.05 Å². The summed E-state index contributed by atoms with van der Waals surface area (Å²) in [6, 6.07) is 2.12. The SMILES string of the molecule is Cc1ccsc1C(CN)Sc1ncnn1C. The van der Waals surface area contributed by atoms with Crippen molar-refractivity contribution in [2.45, 2.75) is 17.3 Å². The van der Waals surface area contributed by atoms with Crippen molar-refractivity contribution in [2.75, 3.05) is 6.54 Å². The number of thiophene rings is 1. The maximum atomic E-state index is 5.83. The van der Waals surface area contributed by atoms with Crippen molar-refractivity contribution in [3.63, 3.8) is 0 Å². The van der Waals surface area contributed by atoms with Gasteiger partial charge in [-0.15, -0.1) is 11.3 Å². The van der Waals surface area contributed by atoms with Gasteiger partial charge in [0.05, 0.1) is 5.25 Å². The first-order valence-corrected chi connectivity index (χ1v) is 6.73. The Hall–Kier alpha value is -0.850. The van der Waals surface area contributed by atoms with E-state index in [0.717, 1.165) is 5.16 Å². The van der Waals surface area contributed by atoms with Crippen molar-refractivity contribution >= 4 is 23.1 Å². The molecule has 0 aliphatic carbocycles. The van der Waals surface area contributed by atoms with Crippen LogP contribution in [0.4, 0.5) is 0 Å². The van der Waals surface area contributed by atoms with Crippen molar-refractivity contribution in [1.29, 1.82) is 0 Å². The zero-order chi connectivity index (χ0) is 11.5. The minimum atomic E-state index is 0.267. The second-order valence-corrected chi connectivity index (χ2v) is 5.59. The smallest absolute Gasteiger partial charge is 0.186 e. The van der Waals surface area contributed by atoms with Gasteiger partial charge in [0.1, 0.15) is 6.33 Å². The van der Waals surface area contributed by atoms with Crippen LogP contribution in [0.2, 0.25) is 0 Å². The van der Waals surface area contributed by atoms with E-state index in [9.17, 15) is 0 Å². The number of aromatic nitrogens is 3. The topological polar surface area (TPSA) is 56.7 Å². The van der Waals surface area contributed by atoms with Crippen molar-refractivity contribution < 1.29 is 0 Å². The Morgan fingerprint density at radius 3 is 2.94 bits per heavy atom. The number of hydrogen-bond donors (Lipinski definition) is 1. The highest BCUT2D eigenvalue weighted by Gasteiger charge is 2.17. The fourth-order valence-electron chi connectivity index (χ4n) is 1.44. The van der Waals surface area contributed by atoms with Gasteiger partial charge in [0, 0.05) is 18.5 Å². The van der Waals surface area contributed by atoms with Crippen LogP contribution in [0, 0.1) is 6.92 Å². The van der Waals surface area contributed by atoms with Crippen LogP contribution in [0.3, 0.4) is 0 Å². The highest BCUT2D eigenvalue weighted by Crippen LogP contribution is 2.37. The van der Waals surface area contributed by atoms with Gasteiger partial charge in [-0.1, -0.05) is 11.8 Å². The Kier molecular flexibility index (Phi) is 3.63. The van der Waals surface area contributed by atoms with Crippen LogP contribution < -0.4 is 5.73 Å². The average molecular weight is 254 g/mol. The second-order valence-electron chi connectivity index (χ2n) is 3.48. The minimum Gasteiger partial charge on any atom is -0.329 e. The first-order valence-electron chi connectivity index (χ1n) is 4.97. The molecular formula is C10H14N4S2. The van der Waals surface area contributed by atoms with Gasteiger partial charge in [-0.3, -0.25) is 0 Å². The van der Waals surface area contributed by atoms with Crippen molar-refractivity contribution in [3.05, 3.63) is 28.2 Å². The van der Waals surface area contributed by atoms with E-state index in [1.54, 1.807) is 34.1 Å². The van der Waals surface area contributed by atoms with Crippen LogP contribution in [0.25, 0.3) is 0 Å². The van der Waals surface area contributed by atoms with Gasteiger partial charge in [0.15, 0.2) is 5.16 Å². The van der Waals surface area contributed by atoms with Crippen LogP contribution in [0.15, 0.2) is 22.9 Å². The zero-order valence-corrected chi connectivity index (χ0v) is 10.9. The summed E-state index contributed by atoms with van der Waals surface area (Å²) in [5, 5.41) is 7.33. The molecule has 0 aliphatic heterocycles. The molecule has 0 saturated carbocycles. The van der Waals surface area contributed by atoms with Crippen LogP contribution in [0.5, 0.6) is 0 Å². The summed E-state index contributed by atoms with van der Waals surface area (Å²) >= 11 is 3.42. The molecule has 2 aromatic heterocycles. The Balaban J connectivity index is 2.19. The molecule has 4 nitrogen and oxygen atoms in total. The van der Waals surface area contributed by atoms with E-state index in [0.29, 0.717) is 6.54 Å². The Morgan fingerprint density at radius 2 is 2.44 bits per heavy atom. The van der Waals surface area contributed by atoms with E-state index >= 15 is 0 Å². The highest BCUT2D eigenvalue weighted by atomic mass is 32.2. The first-order chi connectivity index (χ1) is 7.72. The number of rotatable bonds is 4. The summed E-state index contributed by atoms with van der Waals surface area (Å²) in [7, 11) is 1.89. The molecule has 2 N–H and O–H groups in total. The van der Waals surface area contributed by atoms with Gasteiger partial charge in [0.25, 0.3) is 0 Å². The quantitative estimate of drug-likeness (QED) is 0.848. The van der Waals surface area contributed by atoms with Gasteiger partial charge >= 0.3 is 0 Å². The van der Waals surface area contributed by atoms with Gasteiger partial charge in [-0.25, -0.2) is 9.67 Å². The fraction of sp³-hybridized carbons (Fsp3) is 0.400. The van der Waals surface area contributed by atoms with E-state index in [1.165, 1.54) is 10.4 Å². The normalized spacial score (nSPS) is 12.9. The molecule has 2 rings (SSSR count). The third-order valence-corrected chi connectivity index (χ3v) is 4.90. The van der Waals surface area contributed by atoms with E-state index in [4.69, 9.17) is 5.73 Å². The molecule has 0 radical (unpaired) electrons. The third-order valence-electron chi connectivity index (χ3n) is 2.33. The third kappa shape index (κ3) is 2.28. The molecule has 86 valence electrons. The summed E-state index contributed by atoms with van der Waals surface area (Å²) < 4.78 is 1.77. The molecule has 0 aromatic carbocycles. The monoisotopic (exact) mass is 254 g/mol. The molecule has 1 atom stereocenters. The Morgan fingerprint density at radius 1 is 1.62 bits per heavy atom. The predicted octanol–water partition coefficient (Wildman–Crippen LogP) is 1.98. The zero-order valence-electron chi connectivity index (χ0n) is 9.25. The number of hydrogen-bond acceptors (Lipinski definition) is 5. The largest absolute Gasteiger partial charge is 0.329 e. The molecule has 0 amide bonds. The van der Waals surface area contributed by atoms with Crippen LogP contribution in [0.1, 0.15) is 15.7 Å². The molecule has 16 heavy (non-hydrogen) atoms. The molecule has 2 aromatic rings. The predicted molar refractivity (Wildman–Crippen MR) is 67.7 cm³/mol. The summed E-state index contributed by atoms with van der Waals surface area (Å²) in [6.45, 7) is 2.73. The Labute approximate surface area is 103 Å². The molecule has 1 unspecified atom stereocenters. The summed E-state index contributed by atoms with van der Waals surface area (Å²) in [5.74, 6) is 0. The molecule has 0 aliphatic rings. The van der Waals surface area contributed by atoms with Gasteiger partial charge in [-0.2, -0.15) is 5.10 Å². The lowest BCUT2D eigenvalue weighted by molar-refractivity contribution is 0.683. The highest BCUT2D eigenvalue weighted by molar-refractivity contribution is 7.99. The minimum absolute atomic E-state index is 0.267. The average Bonchev–Trinajstić information content (AvgIpc) is 2.85. The van der Waals surface area contributed by atoms with Crippen molar-refractivity contribution in [3.8, 4) is 0 Å². The van der Waals surface area contributed by atoms with Crippen LogP contribution >= 0.6 is 23.1 Å². The van der Waals surface area contributed by atoms with E-state index in [2.05, 4.69) is 28.5 Å². The second kappa shape index (κ2) is 4.99. The molecule has 6 heteroatoms. The van der Waals surface area contributed by atoms with E-state index in [1.807, 2.05) is 7.05 Å². The number of aryl methyl sites for hydroxylation is 2. The lowest BCUT2D eigenvalue weighted by atomic mass is 10.2. The van der Waals surface area contributed by atoms with Crippen molar-refractivity contribution in [2.24, 2.45) is 12.8 Å². The molecule has 2 heterocycles. The maximum absolute atomic E-state index is 5.83. The summed E-state index contributed by atoms with van der Waals surface area (Å²) in [5.41, 5.74) is 7.13. The van der Waals surface area contributed by atoms with Crippen LogP contribution in [-0.4, -0.2) is 21.3 Å². The van der Waals surface area contributed by atoms with E-state index < -0.39 is 0 Å². The number of thioether (sulfide) groups is 1. The van der Waals surface area contributed by atoms with Crippen molar-refractivity contribution in [1.82, 2.24) is 14.8 Å². The molecule has 0 spiro atoms. The number of nitrogens with zero attached hydrogens (tertiary/aromatic N) is 3. The fourth-order valence-corrected chi connectivity index (χ4v) is 3.63. The van der Waals surface area contributed by atoms with Gasteiger partial charge in [0.2, 0.25) is 0 Å². The lowest BCUT2D eigenvalue weighted by Crippen LogP contribution is -2.10. The summed E-state index contributed by atoms with van der Waals surface area (Å²) in [6.07, 6.45) is 1.57. The lowest BCUT2D eigenvalue weighted by Gasteiger charge is -2.12.